The fourth-order valence-corrected chi connectivity index (χ4v) is 1.55. The van der Waals surface area contributed by atoms with E-state index in [0.717, 1.165) is 11.3 Å². The van der Waals surface area contributed by atoms with Gasteiger partial charge in [-0.25, -0.2) is 0 Å². The second-order valence-electron chi connectivity index (χ2n) is 2.04. The fourth-order valence-electron chi connectivity index (χ4n) is 0.720. The van der Waals surface area contributed by atoms with Gasteiger partial charge in [0.25, 0.3) is 0 Å². The molecule has 0 aromatic carbocycles. The van der Waals surface area contributed by atoms with E-state index >= 15 is 0 Å². The Balaban J connectivity index is 0.000001000. The van der Waals surface area contributed by atoms with Crippen molar-refractivity contribution in [2.75, 3.05) is 0 Å². The van der Waals surface area contributed by atoms with Gasteiger partial charge in [0, 0.05) is 0 Å². The van der Waals surface area contributed by atoms with Gasteiger partial charge in [0.2, 0.25) is 0 Å². The van der Waals surface area contributed by atoms with Crippen molar-refractivity contribution < 1.29 is 64.3 Å². The van der Waals surface area contributed by atoms with E-state index < -0.39 is 11.8 Å². The first kappa shape index (κ1) is 12.2. The molecule has 0 atom stereocenters. The Hall–Kier alpha value is 1.19. The van der Waals surface area contributed by atoms with E-state index in [4.69, 9.17) is 0 Å². The normalized spacial score (nSPS) is 10.9. The molecular weight excluding hydrogens is 199 g/mol. The standard InChI is InChI=1S/C5H5BF3S.K/c1-4-2-3-10-5(4)6(7,8)9;/h2-3H,1H3;/q-1;+1. The topological polar surface area (TPSA) is 0 Å². The first-order valence-corrected chi connectivity index (χ1v) is 3.63. The molecule has 1 rings (SSSR count). The summed E-state index contributed by atoms with van der Waals surface area (Å²) in [4.78, 5) is 0. The van der Waals surface area contributed by atoms with E-state index in [1.54, 1.807) is 0 Å². The molecule has 0 aliphatic carbocycles. The Labute approximate surface area is 110 Å². The quantitative estimate of drug-likeness (QED) is 0.521. The molecule has 0 nitrogen and oxygen atoms in total. The summed E-state index contributed by atoms with van der Waals surface area (Å²) in [6.45, 7) is -3.30. The maximum Gasteiger partial charge on any atom is 1.00 e. The Morgan fingerprint density at radius 3 is 2.09 bits per heavy atom. The molecule has 1 aromatic rings. The fraction of sp³-hybridized carbons (Fsp3) is 0.200. The molecule has 0 bridgehead atoms. The van der Waals surface area contributed by atoms with E-state index in [2.05, 4.69) is 0 Å². The Kier molecular flexibility index (Phi) is 4.91. The summed E-state index contributed by atoms with van der Waals surface area (Å²) in [5, 5.41) is 1.46. The van der Waals surface area contributed by atoms with Crippen molar-refractivity contribution in [3.63, 3.8) is 0 Å². The van der Waals surface area contributed by atoms with E-state index in [9.17, 15) is 12.9 Å². The summed E-state index contributed by atoms with van der Waals surface area (Å²) in [5.41, 5.74) is 0.331. The van der Waals surface area contributed by atoms with Crippen LogP contribution in [0.4, 0.5) is 12.9 Å². The summed E-state index contributed by atoms with van der Waals surface area (Å²) in [6, 6.07) is 1.48. The minimum Gasteiger partial charge on any atom is -0.444 e. The second-order valence-corrected chi connectivity index (χ2v) is 2.99. The van der Waals surface area contributed by atoms with Crippen LogP contribution in [0.1, 0.15) is 5.56 Å². The van der Waals surface area contributed by atoms with Gasteiger partial charge in [-0.1, -0.05) is 16.4 Å². The van der Waals surface area contributed by atoms with Crippen LogP contribution in [0.25, 0.3) is 0 Å². The maximum absolute atomic E-state index is 12.0. The molecule has 0 radical (unpaired) electrons. The summed E-state index contributed by atoms with van der Waals surface area (Å²) >= 11 is 0.759. The molecule has 0 saturated carbocycles. The van der Waals surface area contributed by atoms with Gasteiger partial charge >= 0.3 is 58.4 Å². The average Bonchev–Trinajstić information content (AvgIpc) is 2.11. The SMILES string of the molecule is Cc1ccsc1[B-](F)(F)F.[K+]. The van der Waals surface area contributed by atoms with Crippen molar-refractivity contribution in [3.05, 3.63) is 17.0 Å². The molecule has 0 N–H and O–H groups in total. The largest absolute Gasteiger partial charge is 1.00 e. The van der Waals surface area contributed by atoms with Crippen LogP contribution < -0.4 is 56.2 Å². The summed E-state index contributed by atoms with van der Waals surface area (Å²) in [6.07, 6.45) is 0. The first-order valence-electron chi connectivity index (χ1n) is 2.76. The van der Waals surface area contributed by atoms with Crippen molar-refractivity contribution in [1.82, 2.24) is 0 Å². The third-order valence-corrected chi connectivity index (χ3v) is 2.31. The minimum atomic E-state index is -4.77. The van der Waals surface area contributed by atoms with Gasteiger partial charge in [-0.05, 0) is 12.3 Å². The summed E-state index contributed by atoms with van der Waals surface area (Å²) in [5.74, 6) is 0. The van der Waals surface area contributed by atoms with E-state index in [1.165, 1.54) is 18.4 Å². The molecule has 0 unspecified atom stereocenters. The molecule has 0 aliphatic rings. The third-order valence-electron chi connectivity index (χ3n) is 1.20. The van der Waals surface area contributed by atoms with Crippen LogP contribution in [0.2, 0.25) is 0 Å². The van der Waals surface area contributed by atoms with Crippen molar-refractivity contribution in [3.8, 4) is 0 Å². The van der Waals surface area contributed by atoms with E-state index in [1.807, 2.05) is 0 Å². The minimum absolute atomic E-state index is 0. The van der Waals surface area contributed by atoms with Gasteiger partial charge < -0.3 is 12.9 Å². The third kappa shape index (κ3) is 3.20. The molecule has 1 aromatic heterocycles. The summed E-state index contributed by atoms with van der Waals surface area (Å²) in [7, 11) is 0. The predicted molar refractivity (Wildman–Crippen MR) is 37.8 cm³/mol. The van der Waals surface area contributed by atoms with Gasteiger partial charge in [0.1, 0.15) is 0 Å². The zero-order valence-electron chi connectivity index (χ0n) is 6.27. The molecule has 56 valence electrons. The molecule has 0 fully saturated rings. The van der Waals surface area contributed by atoms with E-state index in [-0.39, 0.29) is 51.4 Å². The Morgan fingerprint density at radius 2 is 1.91 bits per heavy atom. The zero-order valence-corrected chi connectivity index (χ0v) is 10.2. The summed E-state index contributed by atoms with van der Waals surface area (Å²) < 4.78 is 35.4. The van der Waals surface area contributed by atoms with Crippen LogP contribution in [-0.2, 0) is 0 Å². The number of thiophene rings is 1. The molecule has 0 spiro atoms. The van der Waals surface area contributed by atoms with Crippen LogP contribution in [0.15, 0.2) is 11.4 Å². The van der Waals surface area contributed by atoms with Crippen LogP contribution in [0.5, 0.6) is 0 Å². The molecule has 0 aliphatic heterocycles. The Bertz CT molecular complexity index is 232. The van der Waals surface area contributed by atoms with E-state index in [0.29, 0.717) is 5.56 Å². The number of hydrogen-bond acceptors (Lipinski definition) is 1. The van der Waals surface area contributed by atoms with Crippen molar-refractivity contribution >= 4 is 23.1 Å². The van der Waals surface area contributed by atoms with Crippen molar-refractivity contribution in [2.24, 2.45) is 0 Å². The first-order chi connectivity index (χ1) is 4.52. The van der Waals surface area contributed by atoms with Crippen LogP contribution in [-0.4, -0.2) is 6.98 Å². The molecule has 6 heteroatoms. The number of aryl methyl sites for hydroxylation is 1. The smallest absolute Gasteiger partial charge is 0.444 e. The number of hydrogen-bond donors (Lipinski definition) is 0. The van der Waals surface area contributed by atoms with Crippen molar-refractivity contribution in [2.45, 2.75) is 6.92 Å². The molecule has 0 saturated heterocycles. The van der Waals surface area contributed by atoms with Gasteiger partial charge in [0.05, 0.1) is 0 Å². The predicted octanol–water partition coefficient (Wildman–Crippen LogP) is -0.885. The molecule has 11 heavy (non-hydrogen) atoms. The van der Waals surface area contributed by atoms with Gasteiger partial charge in [-0.15, -0.1) is 0 Å². The average molecular weight is 204 g/mol. The van der Waals surface area contributed by atoms with Crippen LogP contribution >= 0.6 is 11.3 Å². The van der Waals surface area contributed by atoms with Crippen LogP contribution in [0, 0.1) is 6.92 Å². The number of halogens is 3. The Morgan fingerprint density at radius 1 is 1.36 bits per heavy atom. The second kappa shape index (κ2) is 4.43. The molecule has 0 amide bonds. The number of rotatable bonds is 1. The maximum atomic E-state index is 12.0. The monoisotopic (exact) mass is 204 g/mol. The van der Waals surface area contributed by atoms with Crippen LogP contribution in [0.3, 0.4) is 0 Å². The molecule has 1 heterocycles. The molecular formula is C5H5BF3KS. The van der Waals surface area contributed by atoms with Gasteiger partial charge in [-0.2, -0.15) is 11.3 Å². The van der Waals surface area contributed by atoms with Gasteiger partial charge in [-0.3, -0.25) is 0 Å². The van der Waals surface area contributed by atoms with Crippen molar-refractivity contribution in [1.29, 1.82) is 0 Å². The zero-order chi connectivity index (χ0) is 7.78. The van der Waals surface area contributed by atoms with Gasteiger partial charge in [0.15, 0.2) is 0 Å².